The zero-order valence-corrected chi connectivity index (χ0v) is 14.0. The van der Waals surface area contributed by atoms with Crippen LogP contribution < -0.4 is 4.74 Å². The van der Waals surface area contributed by atoms with Crippen molar-refractivity contribution in [2.45, 2.75) is 39.4 Å². The van der Waals surface area contributed by atoms with Gasteiger partial charge in [0.15, 0.2) is 0 Å². The molecular weight excluding hydrogens is 322 g/mol. The second-order valence-corrected chi connectivity index (χ2v) is 6.12. The number of rotatable bonds is 6. The molecule has 0 saturated carbocycles. The minimum Gasteiger partial charge on any atom is -0.491 e. The second kappa shape index (κ2) is 7.64. The van der Waals surface area contributed by atoms with E-state index in [1.807, 2.05) is 19.9 Å². The van der Waals surface area contributed by atoms with Crippen molar-refractivity contribution < 1.29 is 14.6 Å². The van der Waals surface area contributed by atoms with Gasteiger partial charge in [0.1, 0.15) is 5.75 Å². The molecule has 1 aromatic rings. The monoisotopic (exact) mass is 343 g/mol. The number of hydrogen-bond donors (Lipinski definition) is 1. The molecule has 0 fully saturated rings. The summed E-state index contributed by atoms with van der Waals surface area (Å²) in [6.45, 7) is 6.11. The first kappa shape index (κ1) is 17.0. The number of aliphatic hydroxyl groups excluding tert-OH is 1. The molecule has 0 bridgehead atoms. The summed E-state index contributed by atoms with van der Waals surface area (Å²) in [6, 6.07) is 5.35. The number of amides is 1. The number of carbonyl (C=O) groups is 1. The lowest BCUT2D eigenvalue weighted by molar-refractivity contribution is 0.0768. The van der Waals surface area contributed by atoms with E-state index >= 15 is 0 Å². The van der Waals surface area contributed by atoms with Gasteiger partial charge in [-0.15, -0.1) is 0 Å². The summed E-state index contributed by atoms with van der Waals surface area (Å²) in [7, 11) is 1.73. The molecule has 112 valence electrons. The van der Waals surface area contributed by atoms with E-state index in [1.54, 1.807) is 31.0 Å². The highest BCUT2D eigenvalue weighted by Gasteiger charge is 2.14. The fourth-order valence-electron chi connectivity index (χ4n) is 1.73. The van der Waals surface area contributed by atoms with Crippen LogP contribution in [0.2, 0.25) is 0 Å². The standard InChI is InChI=1S/C15H22BrNO3/c1-10(2)20-14-8-12(7-13(16)9-14)15(19)17(4)6-5-11(3)18/h7-11,18H,5-6H2,1-4H3. The Labute approximate surface area is 128 Å². The van der Waals surface area contributed by atoms with Gasteiger partial charge in [0.2, 0.25) is 0 Å². The topological polar surface area (TPSA) is 49.8 Å². The predicted octanol–water partition coefficient (Wildman–Crippen LogP) is 3.08. The highest BCUT2D eigenvalue weighted by Crippen LogP contribution is 2.23. The minimum atomic E-state index is -0.410. The van der Waals surface area contributed by atoms with Crippen LogP contribution in [0, 0.1) is 0 Å². The molecule has 0 saturated heterocycles. The van der Waals surface area contributed by atoms with Crippen LogP contribution in [0.1, 0.15) is 37.6 Å². The van der Waals surface area contributed by atoms with Gasteiger partial charge in [-0.3, -0.25) is 4.79 Å². The maximum atomic E-state index is 12.3. The molecule has 1 atom stereocenters. The summed E-state index contributed by atoms with van der Waals surface area (Å²) in [5.74, 6) is 0.585. The van der Waals surface area contributed by atoms with Crippen molar-refractivity contribution in [3.8, 4) is 5.75 Å². The number of aliphatic hydroxyl groups is 1. The summed E-state index contributed by atoms with van der Waals surface area (Å²) in [5.41, 5.74) is 0.572. The first-order valence-electron chi connectivity index (χ1n) is 6.70. The Kier molecular flexibility index (Phi) is 6.49. The van der Waals surface area contributed by atoms with Crippen molar-refractivity contribution in [2.75, 3.05) is 13.6 Å². The van der Waals surface area contributed by atoms with Crippen molar-refractivity contribution in [3.05, 3.63) is 28.2 Å². The van der Waals surface area contributed by atoms with Gasteiger partial charge in [0, 0.05) is 23.6 Å². The molecule has 0 spiro atoms. The van der Waals surface area contributed by atoms with Gasteiger partial charge in [0.25, 0.3) is 5.91 Å². The van der Waals surface area contributed by atoms with E-state index in [4.69, 9.17) is 4.74 Å². The zero-order chi connectivity index (χ0) is 15.3. The van der Waals surface area contributed by atoms with Gasteiger partial charge >= 0.3 is 0 Å². The van der Waals surface area contributed by atoms with E-state index in [0.717, 1.165) is 4.47 Å². The summed E-state index contributed by atoms with van der Waals surface area (Å²) in [6.07, 6.45) is 0.207. The fourth-order valence-corrected chi connectivity index (χ4v) is 2.20. The molecule has 1 rings (SSSR count). The fraction of sp³-hybridized carbons (Fsp3) is 0.533. The lowest BCUT2D eigenvalue weighted by Gasteiger charge is -2.19. The lowest BCUT2D eigenvalue weighted by atomic mass is 10.1. The summed E-state index contributed by atoms with van der Waals surface area (Å²) >= 11 is 3.39. The average Bonchev–Trinajstić information content (AvgIpc) is 2.33. The quantitative estimate of drug-likeness (QED) is 0.863. The van der Waals surface area contributed by atoms with Crippen LogP contribution in [0.25, 0.3) is 0 Å². The third kappa shape index (κ3) is 5.51. The number of benzene rings is 1. The van der Waals surface area contributed by atoms with Gasteiger partial charge in [-0.25, -0.2) is 0 Å². The van der Waals surface area contributed by atoms with Gasteiger partial charge in [-0.05, 0) is 45.4 Å². The maximum absolute atomic E-state index is 12.3. The molecule has 4 nitrogen and oxygen atoms in total. The smallest absolute Gasteiger partial charge is 0.253 e. The molecular formula is C15H22BrNO3. The van der Waals surface area contributed by atoms with Gasteiger partial charge in [-0.1, -0.05) is 15.9 Å². The summed E-state index contributed by atoms with van der Waals surface area (Å²) in [5, 5.41) is 9.28. The molecule has 0 aliphatic heterocycles. The first-order chi connectivity index (χ1) is 9.29. The van der Waals surface area contributed by atoms with Crippen molar-refractivity contribution in [2.24, 2.45) is 0 Å². The van der Waals surface area contributed by atoms with Crippen molar-refractivity contribution in [1.29, 1.82) is 0 Å². The molecule has 1 N–H and O–H groups in total. The third-order valence-electron chi connectivity index (χ3n) is 2.72. The summed E-state index contributed by atoms with van der Waals surface area (Å²) < 4.78 is 6.43. The molecule has 5 heteroatoms. The number of halogens is 1. The van der Waals surface area contributed by atoms with E-state index in [1.165, 1.54) is 0 Å². The predicted molar refractivity (Wildman–Crippen MR) is 83.2 cm³/mol. The largest absolute Gasteiger partial charge is 0.491 e. The van der Waals surface area contributed by atoms with E-state index in [2.05, 4.69) is 15.9 Å². The highest BCUT2D eigenvalue weighted by molar-refractivity contribution is 9.10. The van der Waals surface area contributed by atoms with Crippen molar-refractivity contribution >= 4 is 21.8 Å². The molecule has 0 aliphatic carbocycles. The van der Waals surface area contributed by atoms with Gasteiger partial charge < -0.3 is 14.7 Å². The van der Waals surface area contributed by atoms with Gasteiger partial charge in [0.05, 0.1) is 12.2 Å². The molecule has 0 heterocycles. The van der Waals surface area contributed by atoms with Crippen LogP contribution in [0.15, 0.2) is 22.7 Å². The van der Waals surface area contributed by atoms with E-state index in [0.29, 0.717) is 24.3 Å². The normalized spacial score (nSPS) is 12.3. The molecule has 0 aromatic heterocycles. The van der Waals surface area contributed by atoms with Crippen LogP contribution in [-0.4, -0.2) is 41.7 Å². The Hall–Kier alpha value is -1.07. The van der Waals surface area contributed by atoms with Crippen molar-refractivity contribution in [1.82, 2.24) is 4.90 Å². The molecule has 1 aromatic carbocycles. The lowest BCUT2D eigenvalue weighted by Crippen LogP contribution is -2.29. The van der Waals surface area contributed by atoms with Crippen molar-refractivity contribution in [3.63, 3.8) is 0 Å². The summed E-state index contributed by atoms with van der Waals surface area (Å²) in [4.78, 5) is 13.9. The van der Waals surface area contributed by atoms with E-state index in [9.17, 15) is 9.90 Å². The molecule has 20 heavy (non-hydrogen) atoms. The van der Waals surface area contributed by atoms with E-state index in [-0.39, 0.29) is 12.0 Å². The Morgan fingerprint density at radius 3 is 2.55 bits per heavy atom. The number of carbonyl (C=O) groups excluding carboxylic acids is 1. The minimum absolute atomic E-state index is 0.0558. The van der Waals surface area contributed by atoms with Gasteiger partial charge in [-0.2, -0.15) is 0 Å². The Morgan fingerprint density at radius 2 is 2.00 bits per heavy atom. The average molecular weight is 344 g/mol. The first-order valence-corrected chi connectivity index (χ1v) is 7.49. The molecule has 0 radical (unpaired) electrons. The molecule has 1 unspecified atom stereocenters. The van der Waals surface area contributed by atoms with Crippen LogP contribution in [0.4, 0.5) is 0 Å². The SMILES string of the molecule is CC(O)CCN(C)C(=O)c1cc(Br)cc(OC(C)C)c1. The number of hydrogen-bond acceptors (Lipinski definition) is 3. The Bertz CT molecular complexity index is 460. The molecule has 0 aliphatic rings. The number of ether oxygens (including phenoxy) is 1. The third-order valence-corrected chi connectivity index (χ3v) is 3.18. The van der Waals surface area contributed by atoms with Crippen LogP contribution >= 0.6 is 15.9 Å². The number of nitrogens with zero attached hydrogens (tertiary/aromatic N) is 1. The maximum Gasteiger partial charge on any atom is 0.253 e. The van der Waals surface area contributed by atoms with Crippen LogP contribution in [0.3, 0.4) is 0 Å². The Balaban J connectivity index is 2.83. The highest BCUT2D eigenvalue weighted by atomic mass is 79.9. The van der Waals surface area contributed by atoms with E-state index < -0.39 is 6.10 Å². The second-order valence-electron chi connectivity index (χ2n) is 5.21. The molecule has 1 amide bonds. The zero-order valence-electron chi connectivity index (χ0n) is 12.4. The Morgan fingerprint density at radius 1 is 1.35 bits per heavy atom. The van der Waals surface area contributed by atoms with Crippen LogP contribution in [0.5, 0.6) is 5.75 Å². The van der Waals surface area contributed by atoms with Crippen LogP contribution in [-0.2, 0) is 0 Å².